The molecule has 70 valence electrons. The zero-order valence-electron chi connectivity index (χ0n) is 8.43. The number of hydrogen-bond acceptors (Lipinski definition) is 1. The fourth-order valence-corrected chi connectivity index (χ4v) is 1.65. The Morgan fingerprint density at radius 1 is 1.38 bits per heavy atom. The van der Waals surface area contributed by atoms with E-state index in [2.05, 4.69) is 37.4 Å². The van der Waals surface area contributed by atoms with Gasteiger partial charge in [0, 0.05) is 11.7 Å². The van der Waals surface area contributed by atoms with E-state index in [1.807, 2.05) is 0 Å². The molecule has 0 aromatic heterocycles. The van der Waals surface area contributed by atoms with Gasteiger partial charge < -0.3 is 5.32 Å². The van der Waals surface area contributed by atoms with Gasteiger partial charge in [0.05, 0.1) is 0 Å². The Morgan fingerprint density at radius 2 is 2.15 bits per heavy atom. The average Bonchev–Trinajstić information content (AvgIpc) is 2.89. The van der Waals surface area contributed by atoms with E-state index in [1.165, 1.54) is 29.7 Å². The van der Waals surface area contributed by atoms with Gasteiger partial charge in [-0.2, -0.15) is 0 Å². The van der Waals surface area contributed by atoms with Crippen LogP contribution in [0, 0.1) is 6.92 Å². The first-order chi connectivity index (χ1) is 6.29. The second kappa shape index (κ2) is 3.41. The van der Waals surface area contributed by atoms with Crippen LogP contribution in [0.3, 0.4) is 0 Å². The quantitative estimate of drug-likeness (QED) is 0.744. The average molecular weight is 175 g/mol. The topological polar surface area (TPSA) is 12.0 Å². The molecule has 2 rings (SSSR count). The Labute approximate surface area is 80.2 Å². The molecule has 1 aromatic rings. The molecule has 1 fully saturated rings. The summed E-state index contributed by atoms with van der Waals surface area (Å²) in [6, 6.07) is 7.45. The molecule has 1 aliphatic carbocycles. The number of benzene rings is 1. The van der Waals surface area contributed by atoms with Crippen LogP contribution in [0.2, 0.25) is 0 Å². The van der Waals surface area contributed by atoms with Gasteiger partial charge in [0.15, 0.2) is 0 Å². The number of aryl methyl sites for hydroxylation is 2. The molecular weight excluding hydrogens is 158 g/mol. The van der Waals surface area contributed by atoms with Gasteiger partial charge in [-0.05, 0) is 49.4 Å². The minimum Gasteiger partial charge on any atom is -0.382 e. The summed E-state index contributed by atoms with van der Waals surface area (Å²) in [6.07, 6.45) is 3.82. The van der Waals surface area contributed by atoms with Crippen molar-refractivity contribution < 1.29 is 0 Å². The molecule has 0 heterocycles. The van der Waals surface area contributed by atoms with Gasteiger partial charge in [0.25, 0.3) is 0 Å². The van der Waals surface area contributed by atoms with Crippen LogP contribution in [0.4, 0.5) is 5.69 Å². The minimum absolute atomic E-state index is 0.756. The van der Waals surface area contributed by atoms with E-state index in [0.29, 0.717) is 0 Å². The zero-order valence-corrected chi connectivity index (χ0v) is 8.43. The summed E-state index contributed by atoms with van der Waals surface area (Å²) >= 11 is 0. The van der Waals surface area contributed by atoms with E-state index >= 15 is 0 Å². The van der Waals surface area contributed by atoms with Crippen LogP contribution in [0.5, 0.6) is 0 Å². The third kappa shape index (κ3) is 2.03. The van der Waals surface area contributed by atoms with Crippen LogP contribution < -0.4 is 5.32 Å². The Kier molecular flexibility index (Phi) is 2.26. The normalized spacial score (nSPS) is 15.8. The van der Waals surface area contributed by atoms with E-state index < -0.39 is 0 Å². The molecule has 0 amide bonds. The van der Waals surface area contributed by atoms with Gasteiger partial charge in [0.2, 0.25) is 0 Å². The first-order valence-electron chi connectivity index (χ1n) is 5.15. The lowest BCUT2D eigenvalue weighted by molar-refractivity contribution is 1.10. The number of hydrogen-bond donors (Lipinski definition) is 1. The van der Waals surface area contributed by atoms with Crippen molar-refractivity contribution in [1.29, 1.82) is 0 Å². The van der Waals surface area contributed by atoms with Crippen molar-refractivity contribution in [2.24, 2.45) is 0 Å². The maximum absolute atomic E-state index is 3.51. The van der Waals surface area contributed by atoms with Crippen molar-refractivity contribution >= 4 is 5.69 Å². The molecule has 0 bridgehead atoms. The van der Waals surface area contributed by atoms with Crippen LogP contribution in [0.1, 0.15) is 30.9 Å². The first kappa shape index (κ1) is 8.61. The van der Waals surface area contributed by atoms with E-state index in [0.717, 1.165) is 12.5 Å². The summed E-state index contributed by atoms with van der Waals surface area (Å²) in [4.78, 5) is 0. The van der Waals surface area contributed by atoms with Crippen molar-refractivity contribution in [3.8, 4) is 0 Å². The van der Waals surface area contributed by atoms with Gasteiger partial charge in [0.1, 0.15) is 0 Å². The van der Waals surface area contributed by atoms with Gasteiger partial charge in [-0.25, -0.2) is 0 Å². The first-order valence-corrected chi connectivity index (χ1v) is 5.15. The van der Waals surface area contributed by atoms with Crippen LogP contribution in [0.25, 0.3) is 0 Å². The van der Waals surface area contributed by atoms with E-state index in [1.54, 1.807) is 0 Å². The Morgan fingerprint density at radius 3 is 2.69 bits per heavy atom. The molecule has 1 aromatic carbocycles. The lowest BCUT2D eigenvalue weighted by atomic mass is 10.1. The molecule has 0 aliphatic heterocycles. The van der Waals surface area contributed by atoms with Gasteiger partial charge in [-0.1, -0.05) is 13.0 Å². The largest absolute Gasteiger partial charge is 0.382 e. The molecule has 0 atom stereocenters. The molecule has 1 heteroatoms. The fourth-order valence-electron chi connectivity index (χ4n) is 1.65. The Balaban J connectivity index is 2.13. The van der Waals surface area contributed by atoms with E-state index in [-0.39, 0.29) is 0 Å². The monoisotopic (exact) mass is 175 g/mol. The molecule has 0 radical (unpaired) electrons. The molecule has 13 heavy (non-hydrogen) atoms. The molecule has 1 nitrogen and oxygen atoms in total. The second-order valence-electron chi connectivity index (χ2n) is 3.91. The van der Waals surface area contributed by atoms with E-state index in [4.69, 9.17) is 0 Å². The SMILES string of the molecule is CCc1ccc(NC2CC2)cc1C. The van der Waals surface area contributed by atoms with Crippen molar-refractivity contribution in [1.82, 2.24) is 0 Å². The maximum atomic E-state index is 3.51. The highest BCUT2D eigenvalue weighted by molar-refractivity contribution is 5.49. The molecular formula is C12H17N. The number of nitrogens with one attached hydrogen (secondary N) is 1. The third-order valence-electron chi connectivity index (χ3n) is 2.67. The van der Waals surface area contributed by atoms with Gasteiger partial charge in [-0.15, -0.1) is 0 Å². The molecule has 1 saturated carbocycles. The second-order valence-corrected chi connectivity index (χ2v) is 3.91. The Bertz CT molecular complexity index is 300. The summed E-state index contributed by atoms with van der Waals surface area (Å²) in [6.45, 7) is 4.40. The summed E-state index contributed by atoms with van der Waals surface area (Å²) in [7, 11) is 0. The van der Waals surface area contributed by atoms with Crippen molar-refractivity contribution in [2.45, 2.75) is 39.2 Å². The highest BCUT2D eigenvalue weighted by atomic mass is 14.9. The van der Waals surface area contributed by atoms with Crippen LogP contribution in [0.15, 0.2) is 18.2 Å². The lowest BCUT2D eigenvalue weighted by Gasteiger charge is -2.08. The highest BCUT2D eigenvalue weighted by Crippen LogP contribution is 2.25. The summed E-state index contributed by atoms with van der Waals surface area (Å²) in [5, 5.41) is 3.51. The fraction of sp³-hybridized carbons (Fsp3) is 0.500. The minimum atomic E-state index is 0.756. The van der Waals surface area contributed by atoms with Crippen LogP contribution in [-0.4, -0.2) is 6.04 Å². The maximum Gasteiger partial charge on any atom is 0.0345 e. The molecule has 0 spiro atoms. The molecule has 0 unspecified atom stereocenters. The predicted octanol–water partition coefficient (Wildman–Crippen LogP) is 3.13. The van der Waals surface area contributed by atoms with Gasteiger partial charge in [-0.3, -0.25) is 0 Å². The number of rotatable bonds is 3. The Hall–Kier alpha value is -0.980. The van der Waals surface area contributed by atoms with Crippen molar-refractivity contribution in [3.63, 3.8) is 0 Å². The number of anilines is 1. The smallest absolute Gasteiger partial charge is 0.0345 e. The van der Waals surface area contributed by atoms with Crippen LogP contribution >= 0.6 is 0 Å². The lowest BCUT2D eigenvalue weighted by Crippen LogP contribution is -2.01. The molecule has 1 N–H and O–H groups in total. The van der Waals surface area contributed by atoms with Crippen molar-refractivity contribution in [2.75, 3.05) is 5.32 Å². The third-order valence-corrected chi connectivity index (χ3v) is 2.67. The molecule has 1 aliphatic rings. The predicted molar refractivity (Wildman–Crippen MR) is 57.2 cm³/mol. The van der Waals surface area contributed by atoms with E-state index in [9.17, 15) is 0 Å². The standard InChI is InChI=1S/C12H17N/c1-3-10-4-5-12(8-9(10)2)13-11-6-7-11/h4-5,8,11,13H,3,6-7H2,1-2H3. The van der Waals surface area contributed by atoms with Gasteiger partial charge >= 0.3 is 0 Å². The van der Waals surface area contributed by atoms with Crippen molar-refractivity contribution in [3.05, 3.63) is 29.3 Å². The van der Waals surface area contributed by atoms with Crippen LogP contribution in [-0.2, 0) is 6.42 Å². The summed E-state index contributed by atoms with van der Waals surface area (Å²) in [5.74, 6) is 0. The summed E-state index contributed by atoms with van der Waals surface area (Å²) in [5.41, 5.74) is 4.16. The molecule has 0 saturated heterocycles. The zero-order chi connectivity index (χ0) is 9.26. The highest BCUT2D eigenvalue weighted by Gasteiger charge is 2.20. The summed E-state index contributed by atoms with van der Waals surface area (Å²) < 4.78 is 0.